The Hall–Kier alpha value is -5.72. The van der Waals surface area contributed by atoms with E-state index in [0.717, 1.165) is 15.8 Å². The molecule has 0 aliphatic rings. The molecular formula is C26H23F3N8O5. The Labute approximate surface area is 235 Å². The second kappa shape index (κ2) is 13.6. The van der Waals surface area contributed by atoms with Crippen LogP contribution in [-0.4, -0.2) is 61.5 Å². The van der Waals surface area contributed by atoms with Crippen molar-refractivity contribution in [1.29, 1.82) is 10.7 Å². The van der Waals surface area contributed by atoms with Gasteiger partial charge in [-0.2, -0.15) is 18.4 Å². The Morgan fingerprint density at radius 2 is 1.83 bits per heavy atom. The number of hydrogen-bond acceptors (Lipinski definition) is 9. The van der Waals surface area contributed by atoms with Gasteiger partial charge in [-0.3, -0.25) is 10.4 Å². The molecule has 4 aromatic rings. The average Bonchev–Trinajstić information content (AvgIpc) is 3.36. The third-order valence-electron chi connectivity index (χ3n) is 5.54. The van der Waals surface area contributed by atoms with Gasteiger partial charge in [0.15, 0.2) is 18.1 Å². The molecule has 2 heterocycles. The molecule has 0 radical (unpaired) electrons. The molecule has 2 aromatic carbocycles. The van der Waals surface area contributed by atoms with Gasteiger partial charge in [0.1, 0.15) is 17.7 Å². The minimum Gasteiger partial charge on any atom is -0.493 e. The van der Waals surface area contributed by atoms with E-state index in [0.29, 0.717) is 29.3 Å². The second-order valence-electron chi connectivity index (χ2n) is 8.30. The predicted octanol–water partition coefficient (Wildman–Crippen LogP) is 2.55. The van der Waals surface area contributed by atoms with Crippen molar-refractivity contribution < 1.29 is 32.5 Å². The summed E-state index contributed by atoms with van der Waals surface area (Å²) in [5, 5.41) is 28.2. The van der Waals surface area contributed by atoms with Gasteiger partial charge < -0.3 is 20.3 Å². The predicted molar refractivity (Wildman–Crippen MR) is 141 cm³/mol. The summed E-state index contributed by atoms with van der Waals surface area (Å²) in [6.07, 6.45) is -1.57. The summed E-state index contributed by atoms with van der Waals surface area (Å²) in [4.78, 5) is 32.6. The van der Waals surface area contributed by atoms with E-state index < -0.39 is 23.8 Å². The fourth-order valence-corrected chi connectivity index (χ4v) is 3.59. The molecule has 0 spiro atoms. The molecule has 0 aliphatic carbocycles. The zero-order chi connectivity index (χ0) is 30.9. The van der Waals surface area contributed by atoms with Gasteiger partial charge in [0.05, 0.1) is 7.11 Å². The quantitative estimate of drug-likeness (QED) is 0.167. The number of carboxylic acid groups (broad SMARTS) is 1. The fraction of sp³-hybridized carbons (Fsp3) is 0.192. The maximum Gasteiger partial charge on any atom is 0.490 e. The van der Waals surface area contributed by atoms with Crippen molar-refractivity contribution in [3.8, 4) is 23.5 Å². The van der Waals surface area contributed by atoms with Gasteiger partial charge in [-0.15, -0.1) is 9.78 Å². The Morgan fingerprint density at radius 1 is 1.19 bits per heavy atom. The first-order valence-corrected chi connectivity index (χ1v) is 11.8. The lowest BCUT2D eigenvalue weighted by Gasteiger charge is -2.18. The summed E-state index contributed by atoms with van der Waals surface area (Å²) < 4.78 is 43.8. The van der Waals surface area contributed by atoms with Crippen molar-refractivity contribution in [2.45, 2.75) is 18.5 Å². The van der Waals surface area contributed by atoms with Crippen LogP contribution in [0, 0.1) is 16.7 Å². The lowest BCUT2D eigenvalue weighted by atomic mass is 9.90. The van der Waals surface area contributed by atoms with Gasteiger partial charge in [-0.1, -0.05) is 30.3 Å². The molecule has 4 rings (SSSR count). The first-order valence-electron chi connectivity index (χ1n) is 11.8. The van der Waals surface area contributed by atoms with E-state index in [1.54, 1.807) is 30.3 Å². The van der Waals surface area contributed by atoms with Crippen LogP contribution in [0.1, 0.15) is 28.4 Å². The monoisotopic (exact) mass is 584 g/mol. The largest absolute Gasteiger partial charge is 0.493 e. The number of hydrogen-bond donors (Lipinski definition) is 4. The summed E-state index contributed by atoms with van der Waals surface area (Å²) in [5.41, 5.74) is 7.43. The number of benzene rings is 2. The van der Waals surface area contributed by atoms with E-state index >= 15 is 0 Å². The van der Waals surface area contributed by atoms with Crippen LogP contribution in [0.15, 0.2) is 65.7 Å². The van der Waals surface area contributed by atoms with Crippen LogP contribution in [0.5, 0.6) is 11.5 Å². The fourth-order valence-electron chi connectivity index (χ4n) is 3.59. The lowest BCUT2D eigenvalue weighted by molar-refractivity contribution is -0.192. The number of carbonyl (C=O) groups is 1. The third kappa shape index (κ3) is 7.91. The minimum atomic E-state index is -5.08. The number of carboxylic acids is 1. The number of nitrogens with zero attached hydrogens (tertiary/aromatic N) is 5. The second-order valence-corrected chi connectivity index (χ2v) is 8.30. The molecule has 0 saturated carbocycles. The molecule has 2 aromatic heterocycles. The van der Waals surface area contributed by atoms with Crippen LogP contribution in [0.25, 0.3) is 5.95 Å². The Balaban J connectivity index is 0.000000616. The standard InChI is InChI=1S/C24H22N8O3.C2HF3O2/c1-34-19-8-7-17(14-20(19)35-12-9-25)18(13-15-3-5-16(6-4-15)21(26)27)22-30-24(33)32(31-22)23-28-10-2-11-29-23;3-2(4,5)1(6)7/h2-8,10-11,14,18H,12-13H2,1H3,(H3,26,27)(H,30,31,33);(H,6,7). The maximum absolute atomic E-state index is 12.7. The number of nitrogens with two attached hydrogens (primary N) is 1. The van der Waals surface area contributed by atoms with E-state index in [1.165, 1.54) is 19.5 Å². The van der Waals surface area contributed by atoms with Crippen LogP contribution in [0.2, 0.25) is 0 Å². The van der Waals surface area contributed by atoms with E-state index in [1.807, 2.05) is 24.3 Å². The SMILES string of the molecule is COc1ccc(C(Cc2ccc(C(=N)N)cc2)c2nn(-c3ncccn3)c(=O)[nH]2)cc1OCC#N.O=C(O)C(F)(F)F. The smallest absolute Gasteiger partial charge is 0.490 e. The number of nitrogen functional groups attached to an aromatic ring is 1. The number of aromatic nitrogens is 5. The number of nitriles is 1. The highest BCUT2D eigenvalue weighted by Crippen LogP contribution is 2.34. The highest BCUT2D eigenvalue weighted by atomic mass is 19.4. The molecule has 0 saturated heterocycles. The first kappa shape index (κ1) is 30.8. The van der Waals surface area contributed by atoms with Crippen molar-refractivity contribution in [2.75, 3.05) is 13.7 Å². The molecule has 42 heavy (non-hydrogen) atoms. The van der Waals surface area contributed by atoms with Crippen LogP contribution in [0.3, 0.4) is 0 Å². The molecule has 0 bridgehead atoms. The zero-order valence-corrected chi connectivity index (χ0v) is 21.8. The van der Waals surface area contributed by atoms with Gasteiger partial charge in [0.25, 0.3) is 5.95 Å². The van der Waals surface area contributed by atoms with E-state index in [4.69, 9.17) is 35.8 Å². The summed E-state index contributed by atoms with van der Waals surface area (Å²) >= 11 is 0. The number of nitrogens with one attached hydrogen (secondary N) is 2. The first-order chi connectivity index (χ1) is 19.9. The third-order valence-corrected chi connectivity index (χ3v) is 5.54. The van der Waals surface area contributed by atoms with Gasteiger partial charge in [-0.05, 0) is 35.7 Å². The zero-order valence-electron chi connectivity index (χ0n) is 21.8. The highest BCUT2D eigenvalue weighted by Gasteiger charge is 2.38. The average molecular weight is 585 g/mol. The van der Waals surface area contributed by atoms with Crippen LogP contribution in [-0.2, 0) is 11.2 Å². The van der Waals surface area contributed by atoms with Crippen molar-refractivity contribution in [2.24, 2.45) is 5.73 Å². The molecule has 0 amide bonds. The van der Waals surface area contributed by atoms with Gasteiger partial charge in [-0.25, -0.2) is 19.6 Å². The summed E-state index contributed by atoms with van der Waals surface area (Å²) in [6.45, 7) is -0.145. The molecule has 1 unspecified atom stereocenters. The number of amidine groups is 1. The van der Waals surface area contributed by atoms with Crippen molar-refractivity contribution in [3.63, 3.8) is 0 Å². The Kier molecular flexibility index (Phi) is 9.95. The Morgan fingerprint density at radius 3 is 2.38 bits per heavy atom. The molecule has 13 nitrogen and oxygen atoms in total. The van der Waals surface area contributed by atoms with E-state index in [2.05, 4.69) is 20.1 Å². The molecular weight excluding hydrogens is 561 g/mol. The normalized spacial score (nSPS) is 11.4. The number of aliphatic carboxylic acids is 1. The number of rotatable bonds is 9. The number of aromatic amines is 1. The van der Waals surface area contributed by atoms with Crippen molar-refractivity contribution in [3.05, 3.63) is 93.9 Å². The van der Waals surface area contributed by atoms with Gasteiger partial charge >= 0.3 is 17.8 Å². The summed E-state index contributed by atoms with van der Waals surface area (Å²) in [7, 11) is 1.52. The molecule has 5 N–H and O–H groups in total. The van der Waals surface area contributed by atoms with Crippen LogP contribution in [0.4, 0.5) is 13.2 Å². The van der Waals surface area contributed by atoms with Gasteiger partial charge in [0.2, 0.25) is 0 Å². The molecule has 16 heteroatoms. The molecule has 1 atom stereocenters. The highest BCUT2D eigenvalue weighted by molar-refractivity contribution is 5.94. The van der Waals surface area contributed by atoms with E-state index in [-0.39, 0.29) is 18.4 Å². The minimum absolute atomic E-state index is 0.0199. The number of halogens is 3. The molecule has 218 valence electrons. The Bertz CT molecular complexity index is 1630. The van der Waals surface area contributed by atoms with E-state index in [9.17, 15) is 18.0 Å². The summed E-state index contributed by atoms with van der Waals surface area (Å²) in [6, 6.07) is 16.2. The summed E-state index contributed by atoms with van der Waals surface area (Å²) in [5.74, 6) is -1.75. The van der Waals surface area contributed by atoms with Crippen LogP contribution < -0.4 is 20.9 Å². The van der Waals surface area contributed by atoms with Crippen LogP contribution >= 0.6 is 0 Å². The number of ether oxygens (including phenoxy) is 2. The maximum atomic E-state index is 12.7. The number of alkyl halides is 3. The van der Waals surface area contributed by atoms with Crippen molar-refractivity contribution >= 4 is 11.8 Å². The molecule has 0 fully saturated rings. The topological polar surface area (TPSA) is 206 Å². The number of methoxy groups -OCH3 is 1. The van der Waals surface area contributed by atoms with Gasteiger partial charge in [0, 0.05) is 23.9 Å². The molecule has 0 aliphatic heterocycles. The van der Waals surface area contributed by atoms with Crippen molar-refractivity contribution in [1.82, 2.24) is 24.7 Å². The number of H-pyrrole nitrogens is 1. The lowest BCUT2D eigenvalue weighted by Crippen LogP contribution is -2.21.